The van der Waals surface area contributed by atoms with Crippen LogP contribution in [-0.2, 0) is 26.2 Å². The fourth-order valence-corrected chi connectivity index (χ4v) is 5.84. The standard InChI is InChI=1S/C27H34ClN3O6S/c1-19(27(33)29-22-9-4-3-5-10-22)30(17-20-7-6-8-21(28)15-20)26(32)18-31(38(2,34)35)23-11-12-24-25(16-23)37-14-13-36-24/h6-8,11-12,15-16,19,22H,3-5,9-10,13-14,17-18H2,1-2H3,(H,29,33). The van der Waals surface area contributed by atoms with Crippen molar-refractivity contribution in [3.8, 4) is 11.5 Å². The van der Waals surface area contributed by atoms with Gasteiger partial charge in [0.25, 0.3) is 0 Å². The van der Waals surface area contributed by atoms with Gasteiger partial charge in [0.2, 0.25) is 21.8 Å². The smallest absolute Gasteiger partial charge is 0.244 e. The first-order valence-corrected chi connectivity index (χ1v) is 15.1. The Morgan fingerprint density at radius 1 is 1.05 bits per heavy atom. The number of hydrogen-bond donors (Lipinski definition) is 1. The molecule has 1 unspecified atom stereocenters. The average molecular weight is 564 g/mol. The summed E-state index contributed by atoms with van der Waals surface area (Å²) in [5.74, 6) is 0.135. The Bertz CT molecular complexity index is 1270. The van der Waals surface area contributed by atoms with Crippen LogP contribution in [0.1, 0.15) is 44.6 Å². The lowest BCUT2D eigenvalue weighted by Gasteiger charge is -2.33. The molecule has 2 aromatic carbocycles. The number of carbonyl (C=O) groups excluding carboxylic acids is 2. The van der Waals surface area contributed by atoms with Gasteiger partial charge in [0.15, 0.2) is 11.5 Å². The molecule has 0 bridgehead atoms. The Morgan fingerprint density at radius 2 is 1.76 bits per heavy atom. The summed E-state index contributed by atoms with van der Waals surface area (Å²) in [4.78, 5) is 28.4. The number of nitrogens with zero attached hydrogens (tertiary/aromatic N) is 2. The van der Waals surface area contributed by atoms with E-state index in [1.807, 2.05) is 6.07 Å². The molecule has 4 rings (SSSR count). The van der Waals surface area contributed by atoms with E-state index in [9.17, 15) is 18.0 Å². The summed E-state index contributed by atoms with van der Waals surface area (Å²) in [6, 6.07) is 11.0. The van der Waals surface area contributed by atoms with Gasteiger partial charge in [-0.25, -0.2) is 8.42 Å². The number of amides is 2. The molecular formula is C27H34ClN3O6S. The molecule has 1 aliphatic heterocycles. The van der Waals surface area contributed by atoms with Crippen molar-refractivity contribution in [2.24, 2.45) is 0 Å². The van der Waals surface area contributed by atoms with E-state index in [1.165, 1.54) is 4.90 Å². The van der Waals surface area contributed by atoms with Crippen LogP contribution in [0.25, 0.3) is 0 Å². The van der Waals surface area contributed by atoms with Crippen molar-refractivity contribution in [2.45, 2.75) is 57.7 Å². The number of sulfonamides is 1. The topological polar surface area (TPSA) is 105 Å². The molecule has 0 saturated heterocycles. The second-order valence-corrected chi connectivity index (χ2v) is 12.1. The molecule has 2 aromatic rings. The Hall–Kier alpha value is -2.98. The number of hydrogen-bond acceptors (Lipinski definition) is 6. The molecule has 1 atom stereocenters. The van der Waals surface area contributed by atoms with Crippen LogP contribution in [-0.4, -0.2) is 63.2 Å². The summed E-state index contributed by atoms with van der Waals surface area (Å²) in [5, 5.41) is 3.58. The van der Waals surface area contributed by atoms with E-state index >= 15 is 0 Å². The molecule has 2 amide bonds. The molecule has 1 fully saturated rings. The van der Waals surface area contributed by atoms with E-state index in [1.54, 1.807) is 43.3 Å². The lowest BCUT2D eigenvalue weighted by atomic mass is 9.95. The molecule has 206 valence electrons. The molecule has 1 aliphatic carbocycles. The number of anilines is 1. The summed E-state index contributed by atoms with van der Waals surface area (Å²) >= 11 is 6.17. The van der Waals surface area contributed by atoms with Gasteiger partial charge in [0, 0.05) is 23.7 Å². The normalized spacial score (nSPS) is 16.4. The Morgan fingerprint density at radius 3 is 2.45 bits per heavy atom. The van der Waals surface area contributed by atoms with Gasteiger partial charge in [-0.15, -0.1) is 0 Å². The monoisotopic (exact) mass is 563 g/mol. The van der Waals surface area contributed by atoms with Crippen molar-refractivity contribution in [3.63, 3.8) is 0 Å². The maximum Gasteiger partial charge on any atom is 0.244 e. The third-order valence-corrected chi connectivity index (χ3v) is 8.23. The van der Waals surface area contributed by atoms with Crippen LogP contribution in [0.3, 0.4) is 0 Å². The highest BCUT2D eigenvalue weighted by atomic mass is 35.5. The molecule has 9 nitrogen and oxygen atoms in total. The summed E-state index contributed by atoms with van der Waals surface area (Å²) < 4.78 is 37.8. The maximum absolute atomic E-state index is 13.7. The fraction of sp³-hybridized carbons (Fsp3) is 0.481. The Labute approximate surface area is 229 Å². The van der Waals surface area contributed by atoms with E-state index in [4.69, 9.17) is 21.1 Å². The Balaban J connectivity index is 1.59. The largest absolute Gasteiger partial charge is 0.486 e. The predicted octanol–water partition coefficient (Wildman–Crippen LogP) is 3.74. The molecule has 1 heterocycles. The van der Waals surface area contributed by atoms with Gasteiger partial charge in [-0.1, -0.05) is 43.0 Å². The molecule has 11 heteroatoms. The summed E-state index contributed by atoms with van der Waals surface area (Å²) in [5.41, 5.74) is 1.00. The SMILES string of the molecule is CC(C(=O)NC1CCCCC1)N(Cc1cccc(Cl)c1)C(=O)CN(c1ccc2c(c1)OCCO2)S(C)(=O)=O. The molecule has 0 aromatic heterocycles. The highest BCUT2D eigenvalue weighted by molar-refractivity contribution is 7.92. The van der Waals surface area contributed by atoms with E-state index in [2.05, 4.69) is 5.32 Å². The average Bonchev–Trinajstić information content (AvgIpc) is 2.89. The molecule has 1 saturated carbocycles. The molecule has 0 spiro atoms. The molecule has 38 heavy (non-hydrogen) atoms. The third kappa shape index (κ3) is 7.11. The van der Waals surface area contributed by atoms with Crippen molar-refractivity contribution in [2.75, 3.05) is 30.3 Å². The lowest BCUT2D eigenvalue weighted by molar-refractivity contribution is -0.139. The molecular weight excluding hydrogens is 530 g/mol. The van der Waals surface area contributed by atoms with Gasteiger partial charge in [0.1, 0.15) is 25.8 Å². The highest BCUT2D eigenvalue weighted by Crippen LogP contribution is 2.34. The molecule has 1 N–H and O–H groups in total. The number of benzene rings is 2. The van der Waals surface area contributed by atoms with Gasteiger partial charge < -0.3 is 19.7 Å². The zero-order valence-electron chi connectivity index (χ0n) is 21.7. The first-order valence-electron chi connectivity index (χ1n) is 12.8. The fourth-order valence-electron chi connectivity index (χ4n) is 4.78. The number of ether oxygens (including phenoxy) is 2. The van der Waals surface area contributed by atoms with Gasteiger partial charge in [-0.2, -0.15) is 0 Å². The second-order valence-electron chi connectivity index (χ2n) is 9.77. The number of nitrogens with one attached hydrogen (secondary N) is 1. The zero-order valence-corrected chi connectivity index (χ0v) is 23.3. The van der Waals surface area contributed by atoms with Crippen LogP contribution in [0.4, 0.5) is 5.69 Å². The van der Waals surface area contributed by atoms with Gasteiger partial charge in [-0.05, 0) is 49.6 Å². The van der Waals surface area contributed by atoms with Crippen molar-refractivity contribution >= 4 is 39.1 Å². The first kappa shape index (κ1) is 28.0. The van der Waals surface area contributed by atoms with Crippen LogP contribution >= 0.6 is 11.6 Å². The number of carbonyl (C=O) groups is 2. The third-order valence-electron chi connectivity index (χ3n) is 6.85. The first-order chi connectivity index (χ1) is 18.1. The summed E-state index contributed by atoms with van der Waals surface area (Å²) in [6.45, 7) is 2.02. The molecule has 2 aliphatic rings. The quantitative estimate of drug-likeness (QED) is 0.498. The summed E-state index contributed by atoms with van der Waals surface area (Å²) in [6.07, 6.45) is 6.13. The number of fused-ring (bicyclic) bond motifs is 1. The van der Waals surface area contributed by atoms with Crippen molar-refractivity contribution in [1.29, 1.82) is 0 Å². The minimum atomic E-state index is -3.85. The van der Waals surface area contributed by atoms with Crippen molar-refractivity contribution in [3.05, 3.63) is 53.1 Å². The van der Waals surface area contributed by atoms with Crippen molar-refractivity contribution < 1.29 is 27.5 Å². The highest BCUT2D eigenvalue weighted by Gasteiger charge is 2.31. The van der Waals surface area contributed by atoms with E-state index in [0.717, 1.165) is 48.2 Å². The second kappa shape index (κ2) is 12.3. The van der Waals surface area contributed by atoms with E-state index in [0.29, 0.717) is 29.7 Å². The number of rotatable bonds is 9. The predicted molar refractivity (Wildman–Crippen MR) is 146 cm³/mol. The summed E-state index contributed by atoms with van der Waals surface area (Å²) in [7, 11) is -3.85. The van der Waals surface area contributed by atoms with Gasteiger partial charge in [0.05, 0.1) is 11.9 Å². The molecule has 0 radical (unpaired) electrons. The maximum atomic E-state index is 13.7. The van der Waals surface area contributed by atoms with Crippen LogP contribution in [0, 0.1) is 0 Å². The minimum Gasteiger partial charge on any atom is -0.486 e. The minimum absolute atomic E-state index is 0.0760. The van der Waals surface area contributed by atoms with Crippen LogP contribution < -0.4 is 19.1 Å². The van der Waals surface area contributed by atoms with Gasteiger partial charge in [-0.3, -0.25) is 13.9 Å². The van der Waals surface area contributed by atoms with Crippen molar-refractivity contribution in [1.82, 2.24) is 10.2 Å². The zero-order chi connectivity index (χ0) is 27.3. The van der Waals surface area contributed by atoms with E-state index in [-0.39, 0.29) is 24.2 Å². The Kier molecular flexibility index (Phi) is 9.04. The number of halogens is 1. The lowest BCUT2D eigenvalue weighted by Crippen LogP contribution is -2.53. The van der Waals surface area contributed by atoms with E-state index < -0.39 is 28.5 Å². The van der Waals surface area contributed by atoms with Crippen LogP contribution in [0.2, 0.25) is 5.02 Å². The van der Waals surface area contributed by atoms with Gasteiger partial charge >= 0.3 is 0 Å². The van der Waals surface area contributed by atoms with Crippen LogP contribution in [0.5, 0.6) is 11.5 Å². The van der Waals surface area contributed by atoms with Crippen LogP contribution in [0.15, 0.2) is 42.5 Å².